The summed E-state index contributed by atoms with van der Waals surface area (Å²) in [6.45, 7) is 2.49. The molecule has 0 bridgehead atoms. The molecule has 114 valence electrons. The van der Waals surface area contributed by atoms with Crippen LogP contribution in [0.3, 0.4) is 0 Å². The molecule has 21 heavy (non-hydrogen) atoms. The highest BCUT2D eigenvalue weighted by molar-refractivity contribution is 7.92. The predicted octanol–water partition coefficient (Wildman–Crippen LogP) is 1.77. The van der Waals surface area contributed by atoms with E-state index in [0.717, 1.165) is 12.7 Å². The van der Waals surface area contributed by atoms with Crippen LogP contribution in [0.5, 0.6) is 0 Å². The Balaban J connectivity index is 2.36. The molecule has 2 aromatic rings. The molecule has 2 aromatic heterocycles. The number of nitrogen functional groups attached to an aromatic ring is 1. The molecule has 0 spiro atoms. The van der Waals surface area contributed by atoms with E-state index in [1.165, 1.54) is 10.9 Å². The van der Waals surface area contributed by atoms with E-state index in [2.05, 4.69) is 19.8 Å². The Bertz CT molecular complexity index is 761. The van der Waals surface area contributed by atoms with E-state index in [4.69, 9.17) is 28.9 Å². The number of nitrogens with two attached hydrogens (primary N) is 1. The monoisotopic (exact) mass is 350 g/mol. The highest BCUT2D eigenvalue weighted by Gasteiger charge is 2.23. The van der Waals surface area contributed by atoms with Crippen LogP contribution >= 0.6 is 23.2 Å². The smallest absolute Gasteiger partial charge is 0.268 e. The van der Waals surface area contributed by atoms with Crippen molar-refractivity contribution in [1.82, 2.24) is 19.7 Å². The van der Waals surface area contributed by atoms with Crippen molar-refractivity contribution in [3.63, 3.8) is 0 Å². The van der Waals surface area contributed by atoms with E-state index >= 15 is 0 Å². The van der Waals surface area contributed by atoms with Crippen LogP contribution in [-0.4, -0.2) is 28.2 Å². The summed E-state index contributed by atoms with van der Waals surface area (Å²) in [5.41, 5.74) is 5.64. The lowest BCUT2D eigenvalue weighted by atomic mass is 10.5. The molecule has 0 aliphatic rings. The molecule has 0 atom stereocenters. The molecule has 8 nitrogen and oxygen atoms in total. The topological polar surface area (TPSA) is 116 Å². The first-order valence-corrected chi connectivity index (χ1v) is 8.10. The van der Waals surface area contributed by atoms with Crippen molar-refractivity contribution >= 4 is 44.9 Å². The van der Waals surface area contributed by atoms with Gasteiger partial charge in [0.25, 0.3) is 10.0 Å². The van der Waals surface area contributed by atoms with Gasteiger partial charge >= 0.3 is 0 Å². The van der Waals surface area contributed by atoms with Crippen molar-refractivity contribution in [1.29, 1.82) is 0 Å². The van der Waals surface area contributed by atoms with Gasteiger partial charge in [-0.05, 0) is 6.42 Å². The number of sulfonamides is 1. The van der Waals surface area contributed by atoms with E-state index in [1.54, 1.807) is 0 Å². The third kappa shape index (κ3) is 3.36. The van der Waals surface area contributed by atoms with Crippen molar-refractivity contribution < 1.29 is 8.42 Å². The maximum Gasteiger partial charge on any atom is 0.268 e. The second-order valence-corrected chi connectivity index (χ2v) is 6.46. The normalized spacial score (nSPS) is 11.6. The summed E-state index contributed by atoms with van der Waals surface area (Å²) in [6, 6.07) is 0. The maximum absolute atomic E-state index is 12.3. The van der Waals surface area contributed by atoms with Crippen molar-refractivity contribution in [2.24, 2.45) is 0 Å². The Hall–Kier alpha value is -1.58. The van der Waals surface area contributed by atoms with Crippen molar-refractivity contribution in [3.05, 3.63) is 22.7 Å². The number of aromatic nitrogens is 4. The summed E-state index contributed by atoms with van der Waals surface area (Å²) in [7, 11) is -3.97. The van der Waals surface area contributed by atoms with Gasteiger partial charge in [-0.1, -0.05) is 30.1 Å². The van der Waals surface area contributed by atoms with Gasteiger partial charge in [-0.15, -0.1) is 0 Å². The lowest BCUT2D eigenvalue weighted by Crippen LogP contribution is -2.15. The van der Waals surface area contributed by atoms with Crippen molar-refractivity contribution in [3.8, 4) is 0 Å². The third-order valence-corrected chi connectivity index (χ3v) is 4.57. The maximum atomic E-state index is 12.3. The number of nitrogens with one attached hydrogen (secondary N) is 1. The Morgan fingerprint density at radius 1 is 1.38 bits per heavy atom. The molecular formula is C10H12Cl2N6O2S. The van der Waals surface area contributed by atoms with Gasteiger partial charge in [-0.3, -0.25) is 9.40 Å². The zero-order valence-corrected chi connectivity index (χ0v) is 13.2. The molecule has 2 heterocycles. The van der Waals surface area contributed by atoms with Gasteiger partial charge < -0.3 is 5.73 Å². The number of rotatable bonds is 5. The van der Waals surface area contributed by atoms with Gasteiger partial charge in [0.2, 0.25) is 0 Å². The van der Waals surface area contributed by atoms with Crippen molar-refractivity contribution in [2.45, 2.75) is 24.8 Å². The molecular weight excluding hydrogens is 339 g/mol. The van der Waals surface area contributed by atoms with E-state index in [0.29, 0.717) is 6.54 Å². The lowest BCUT2D eigenvalue weighted by molar-refractivity contribution is 0.595. The molecule has 0 radical (unpaired) electrons. The minimum Gasteiger partial charge on any atom is -0.381 e. The fraction of sp³-hybridized carbons (Fsp3) is 0.300. The number of anilines is 2. The number of hydrogen-bond donors (Lipinski definition) is 2. The van der Waals surface area contributed by atoms with Crippen LogP contribution in [0.4, 0.5) is 11.6 Å². The molecule has 0 amide bonds. The first-order chi connectivity index (χ1) is 9.85. The van der Waals surface area contributed by atoms with Gasteiger partial charge in [-0.25, -0.2) is 18.4 Å². The highest BCUT2D eigenvalue weighted by Crippen LogP contribution is 2.28. The van der Waals surface area contributed by atoms with Crippen molar-refractivity contribution in [2.75, 3.05) is 10.5 Å². The average Bonchev–Trinajstić information content (AvgIpc) is 2.77. The number of hydrogen-bond acceptors (Lipinski definition) is 6. The van der Waals surface area contributed by atoms with E-state index < -0.39 is 10.0 Å². The molecule has 0 saturated carbocycles. The summed E-state index contributed by atoms with van der Waals surface area (Å²) in [5, 5.41) is 3.78. The first-order valence-electron chi connectivity index (χ1n) is 5.87. The van der Waals surface area contributed by atoms with E-state index in [-0.39, 0.29) is 26.7 Å². The van der Waals surface area contributed by atoms with Gasteiger partial charge in [0.1, 0.15) is 16.2 Å². The zero-order valence-electron chi connectivity index (χ0n) is 10.9. The Morgan fingerprint density at radius 2 is 2.10 bits per heavy atom. The first kappa shape index (κ1) is 15.8. The Kier molecular flexibility index (Phi) is 4.55. The summed E-state index contributed by atoms with van der Waals surface area (Å²) < 4.78 is 28.3. The molecule has 0 unspecified atom stereocenters. The van der Waals surface area contributed by atoms with Crippen LogP contribution in [0.15, 0.2) is 17.4 Å². The minimum absolute atomic E-state index is 0.0565. The quantitative estimate of drug-likeness (QED) is 0.793. The average molecular weight is 351 g/mol. The lowest BCUT2D eigenvalue weighted by Gasteiger charge is -2.07. The van der Waals surface area contributed by atoms with Crippen LogP contribution in [0.1, 0.15) is 13.3 Å². The molecule has 0 fully saturated rings. The Morgan fingerprint density at radius 3 is 2.76 bits per heavy atom. The molecule has 3 N–H and O–H groups in total. The molecule has 2 rings (SSSR count). The molecule has 0 aromatic carbocycles. The summed E-state index contributed by atoms with van der Waals surface area (Å²) >= 11 is 11.6. The fourth-order valence-electron chi connectivity index (χ4n) is 1.57. The van der Waals surface area contributed by atoms with E-state index in [1.807, 2.05) is 6.92 Å². The SMILES string of the molecule is CCCn1cc(S(=O)(=O)Nc2ncnc(Cl)c2Cl)c(N)n1. The van der Waals surface area contributed by atoms with Crippen LogP contribution in [0, 0.1) is 0 Å². The van der Waals surface area contributed by atoms with Gasteiger partial charge in [0, 0.05) is 12.7 Å². The van der Waals surface area contributed by atoms with Crippen LogP contribution in [0.25, 0.3) is 0 Å². The number of halogens is 2. The van der Waals surface area contributed by atoms with Crippen LogP contribution in [0.2, 0.25) is 10.2 Å². The summed E-state index contributed by atoms with van der Waals surface area (Å²) in [5.74, 6) is -0.230. The molecule has 11 heteroatoms. The zero-order chi connectivity index (χ0) is 15.6. The minimum atomic E-state index is -3.97. The predicted molar refractivity (Wildman–Crippen MR) is 79.8 cm³/mol. The van der Waals surface area contributed by atoms with Crippen LogP contribution in [-0.2, 0) is 16.6 Å². The van der Waals surface area contributed by atoms with E-state index in [9.17, 15) is 8.42 Å². The van der Waals surface area contributed by atoms with Gasteiger partial charge in [0.15, 0.2) is 16.8 Å². The number of aryl methyl sites for hydroxylation is 1. The molecule has 0 aliphatic heterocycles. The van der Waals surface area contributed by atoms with Gasteiger partial charge in [0.05, 0.1) is 0 Å². The summed E-state index contributed by atoms with van der Waals surface area (Å²) in [4.78, 5) is 7.22. The standard InChI is InChI=1S/C10H12Cl2N6O2S/c1-2-3-18-4-6(9(13)16-18)21(19,20)17-10-7(11)8(12)14-5-15-10/h4-5H,2-3H2,1H3,(H2,13,16)(H,14,15,17). The Labute approximate surface area is 131 Å². The molecule has 0 saturated heterocycles. The largest absolute Gasteiger partial charge is 0.381 e. The molecule has 0 aliphatic carbocycles. The second kappa shape index (κ2) is 6.04. The highest BCUT2D eigenvalue weighted by atomic mass is 35.5. The summed E-state index contributed by atoms with van der Waals surface area (Å²) in [6.07, 6.45) is 3.23. The fourth-order valence-corrected chi connectivity index (χ4v) is 3.00. The second-order valence-electron chi connectivity index (χ2n) is 4.07. The van der Waals surface area contributed by atoms with Gasteiger partial charge in [-0.2, -0.15) is 5.10 Å². The number of nitrogens with zero attached hydrogens (tertiary/aromatic N) is 4. The van der Waals surface area contributed by atoms with Crippen LogP contribution < -0.4 is 10.5 Å². The third-order valence-electron chi connectivity index (χ3n) is 2.48.